The monoisotopic (exact) mass is 277 g/mol. The van der Waals surface area contributed by atoms with Crippen molar-refractivity contribution in [2.24, 2.45) is 5.92 Å². The largest absolute Gasteiger partial charge is 0.299 e. The average Bonchev–Trinajstić information content (AvgIpc) is 2.37. The van der Waals surface area contributed by atoms with Crippen LogP contribution in [0, 0.1) is 29.9 Å². The molecule has 2 rings (SSSR count). The SMILES string of the molecule is Cc1cnc(CN2CCC(=O)C(C)C2)c(C)c1[N+](=O)[O-]. The van der Waals surface area contributed by atoms with Gasteiger partial charge < -0.3 is 0 Å². The molecule has 1 atom stereocenters. The normalized spacial score (nSPS) is 20.1. The summed E-state index contributed by atoms with van der Waals surface area (Å²) in [7, 11) is 0. The molecule has 6 nitrogen and oxygen atoms in total. The van der Waals surface area contributed by atoms with E-state index in [0.29, 0.717) is 43.0 Å². The number of nitrogens with zero attached hydrogens (tertiary/aromatic N) is 3. The molecule has 1 fully saturated rings. The fraction of sp³-hybridized carbons (Fsp3) is 0.571. The Balaban J connectivity index is 2.20. The van der Waals surface area contributed by atoms with Gasteiger partial charge in [-0.25, -0.2) is 0 Å². The van der Waals surface area contributed by atoms with Crippen LogP contribution in [0.4, 0.5) is 5.69 Å². The zero-order valence-electron chi connectivity index (χ0n) is 12.0. The lowest BCUT2D eigenvalue weighted by Crippen LogP contribution is -2.39. The fourth-order valence-electron chi connectivity index (χ4n) is 2.66. The summed E-state index contributed by atoms with van der Waals surface area (Å²) in [4.78, 5) is 28.7. The highest BCUT2D eigenvalue weighted by atomic mass is 16.6. The van der Waals surface area contributed by atoms with Crippen LogP contribution >= 0.6 is 0 Å². The number of piperidine rings is 1. The number of aromatic nitrogens is 1. The number of ketones is 1. The summed E-state index contributed by atoms with van der Waals surface area (Å²) in [6.07, 6.45) is 2.10. The molecule has 0 aromatic carbocycles. The standard InChI is InChI=1S/C14H19N3O3/c1-9-6-15-12(11(3)14(9)17(19)20)8-16-5-4-13(18)10(2)7-16/h6,10H,4-5,7-8H2,1-3H3. The van der Waals surface area contributed by atoms with Crippen molar-refractivity contribution in [2.75, 3.05) is 13.1 Å². The van der Waals surface area contributed by atoms with Gasteiger partial charge in [-0.2, -0.15) is 0 Å². The molecule has 20 heavy (non-hydrogen) atoms. The lowest BCUT2D eigenvalue weighted by atomic mass is 9.98. The van der Waals surface area contributed by atoms with Crippen molar-refractivity contribution in [2.45, 2.75) is 33.7 Å². The van der Waals surface area contributed by atoms with Crippen molar-refractivity contribution in [1.82, 2.24) is 9.88 Å². The van der Waals surface area contributed by atoms with E-state index in [0.717, 1.165) is 5.69 Å². The number of pyridine rings is 1. The molecule has 0 N–H and O–H groups in total. The summed E-state index contributed by atoms with van der Waals surface area (Å²) in [5, 5.41) is 11.1. The number of carbonyl (C=O) groups excluding carboxylic acids is 1. The zero-order chi connectivity index (χ0) is 14.9. The Morgan fingerprint density at radius 3 is 2.80 bits per heavy atom. The molecule has 0 radical (unpaired) electrons. The maximum absolute atomic E-state index is 11.5. The van der Waals surface area contributed by atoms with Crippen LogP contribution in [-0.4, -0.2) is 33.7 Å². The summed E-state index contributed by atoms with van der Waals surface area (Å²) in [6, 6.07) is 0. The first-order chi connectivity index (χ1) is 9.40. The minimum atomic E-state index is -0.349. The molecular formula is C14H19N3O3. The Labute approximate surface area is 118 Å². The van der Waals surface area contributed by atoms with Crippen LogP contribution in [0.5, 0.6) is 0 Å². The van der Waals surface area contributed by atoms with Gasteiger partial charge in [0.2, 0.25) is 0 Å². The minimum Gasteiger partial charge on any atom is -0.299 e. The van der Waals surface area contributed by atoms with Gasteiger partial charge in [-0.3, -0.25) is 24.8 Å². The third-order valence-corrected chi connectivity index (χ3v) is 3.89. The van der Waals surface area contributed by atoms with Gasteiger partial charge in [0.15, 0.2) is 0 Å². The first-order valence-corrected chi connectivity index (χ1v) is 6.74. The first kappa shape index (κ1) is 14.6. The fourth-order valence-corrected chi connectivity index (χ4v) is 2.66. The maximum atomic E-state index is 11.5. The zero-order valence-corrected chi connectivity index (χ0v) is 12.0. The predicted octanol–water partition coefficient (Wildman–Crippen LogP) is 2.02. The molecule has 1 saturated heterocycles. The van der Waals surface area contributed by atoms with E-state index in [4.69, 9.17) is 0 Å². The van der Waals surface area contributed by atoms with Gasteiger partial charge in [0, 0.05) is 49.3 Å². The highest BCUT2D eigenvalue weighted by Crippen LogP contribution is 2.25. The number of nitro groups is 1. The van der Waals surface area contributed by atoms with Gasteiger partial charge in [-0.15, -0.1) is 0 Å². The number of aryl methyl sites for hydroxylation is 1. The van der Waals surface area contributed by atoms with Crippen LogP contribution in [0.1, 0.15) is 30.2 Å². The van der Waals surface area contributed by atoms with Crippen molar-refractivity contribution < 1.29 is 9.72 Å². The smallest absolute Gasteiger partial charge is 0.278 e. The van der Waals surface area contributed by atoms with Crippen LogP contribution < -0.4 is 0 Å². The molecule has 1 aromatic heterocycles. The summed E-state index contributed by atoms with van der Waals surface area (Å²) in [5.41, 5.74) is 2.08. The van der Waals surface area contributed by atoms with Gasteiger partial charge in [0.25, 0.3) is 5.69 Å². The molecule has 6 heteroatoms. The highest BCUT2D eigenvalue weighted by molar-refractivity contribution is 5.81. The molecule has 0 amide bonds. The molecule has 1 aliphatic heterocycles. The van der Waals surface area contributed by atoms with Gasteiger partial charge in [-0.1, -0.05) is 6.92 Å². The Bertz CT molecular complexity index is 557. The molecule has 108 valence electrons. The van der Waals surface area contributed by atoms with Crippen molar-refractivity contribution in [3.8, 4) is 0 Å². The molecule has 0 spiro atoms. The molecule has 1 aliphatic rings. The van der Waals surface area contributed by atoms with E-state index in [-0.39, 0.29) is 16.5 Å². The van der Waals surface area contributed by atoms with Crippen LogP contribution in [0.15, 0.2) is 6.20 Å². The molecule has 1 unspecified atom stereocenters. The van der Waals surface area contributed by atoms with Crippen molar-refractivity contribution in [3.63, 3.8) is 0 Å². The van der Waals surface area contributed by atoms with Crippen molar-refractivity contribution >= 4 is 11.5 Å². The molecular weight excluding hydrogens is 258 g/mol. The van der Waals surface area contributed by atoms with E-state index in [1.807, 2.05) is 6.92 Å². The minimum absolute atomic E-state index is 0.0319. The van der Waals surface area contributed by atoms with E-state index in [1.54, 1.807) is 20.0 Å². The summed E-state index contributed by atoms with van der Waals surface area (Å²) in [5.74, 6) is 0.324. The average molecular weight is 277 g/mol. The molecule has 0 saturated carbocycles. The van der Waals surface area contributed by atoms with Gasteiger partial charge >= 0.3 is 0 Å². The molecule has 2 heterocycles. The predicted molar refractivity (Wildman–Crippen MR) is 74.4 cm³/mol. The van der Waals surface area contributed by atoms with E-state index in [2.05, 4.69) is 9.88 Å². The van der Waals surface area contributed by atoms with E-state index in [9.17, 15) is 14.9 Å². The number of hydrogen-bond donors (Lipinski definition) is 0. The second kappa shape index (κ2) is 5.66. The number of hydrogen-bond acceptors (Lipinski definition) is 5. The Hall–Kier alpha value is -1.82. The van der Waals surface area contributed by atoms with Crippen LogP contribution in [-0.2, 0) is 11.3 Å². The van der Waals surface area contributed by atoms with Gasteiger partial charge in [0.05, 0.1) is 10.6 Å². The second-order valence-corrected chi connectivity index (χ2v) is 5.47. The number of rotatable bonds is 3. The third-order valence-electron chi connectivity index (χ3n) is 3.89. The van der Waals surface area contributed by atoms with Gasteiger partial charge in [-0.05, 0) is 13.8 Å². The Morgan fingerprint density at radius 2 is 2.20 bits per heavy atom. The van der Waals surface area contributed by atoms with E-state index in [1.165, 1.54) is 0 Å². The maximum Gasteiger partial charge on any atom is 0.278 e. The van der Waals surface area contributed by atoms with Crippen LogP contribution in [0.25, 0.3) is 0 Å². The summed E-state index contributed by atoms with van der Waals surface area (Å²) >= 11 is 0. The number of Topliss-reactive ketones (excluding diaryl/α,β-unsaturated/α-hetero) is 1. The molecule has 0 bridgehead atoms. The van der Waals surface area contributed by atoms with E-state index >= 15 is 0 Å². The summed E-state index contributed by atoms with van der Waals surface area (Å²) in [6.45, 7) is 7.32. The summed E-state index contributed by atoms with van der Waals surface area (Å²) < 4.78 is 0. The molecule has 1 aromatic rings. The van der Waals surface area contributed by atoms with Crippen molar-refractivity contribution in [1.29, 1.82) is 0 Å². The van der Waals surface area contributed by atoms with Crippen LogP contribution in [0.2, 0.25) is 0 Å². The van der Waals surface area contributed by atoms with Crippen LogP contribution in [0.3, 0.4) is 0 Å². The Kier molecular flexibility index (Phi) is 4.13. The second-order valence-electron chi connectivity index (χ2n) is 5.47. The van der Waals surface area contributed by atoms with Gasteiger partial charge in [0.1, 0.15) is 5.78 Å². The first-order valence-electron chi connectivity index (χ1n) is 6.74. The number of carbonyl (C=O) groups is 1. The highest BCUT2D eigenvalue weighted by Gasteiger charge is 2.25. The lowest BCUT2D eigenvalue weighted by Gasteiger charge is -2.29. The van der Waals surface area contributed by atoms with Crippen molar-refractivity contribution in [3.05, 3.63) is 33.1 Å². The molecule has 0 aliphatic carbocycles. The Morgan fingerprint density at radius 1 is 1.50 bits per heavy atom. The topological polar surface area (TPSA) is 76.3 Å². The van der Waals surface area contributed by atoms with E-state index < -0.39 is 0 Å². The number of likely N-dealkylation sites (tertiary alicyclic amines) is 1. The third kappa shape index (κ3) is 2.85. The lowest BCUT2D eigenvalue weighted by molar-refractivity contribution is -0.386. The quantitative estimate of drug-likeness (QED) is 0.624.